The molecule has 9 nitrogen and oxygen atoms in total. The van der Waals surface area contributed by atoms with Crippen molar-refractivity contribution in [2.24, 2.45) is 0 Å². The molecule has 3 rings (SSSR count). The molecule has 30 heavy (non-hydrogen) atoms. The third-order valence-corrected chi connectivity index (χ3v) is 5.50. The molecule has 1 amide bonds. The number of carbonyl (C=O) groups is 1. The van der Waals surface area contributed by atoms with Crippen molar-refractivity contribution in [3.8, 4) is 5.75 Å². The predicted molar refractivity (Wildman–Crippen MR) is 111 cm³/mol. The van der Waals surface area contributed by atoms with E-state index in [0.717, 1.165) is 0 Å². The zero-order valence-electron chi connectivity index (χ0n) is 15.7. The van der Waals surface area contributed by atoms with Crippen LogP contribution in [0.2, 0.25) is 0 Å². The Morgan fingerprint density at radius 1 is 0.900 bits per heavy atom. The van der Waals surface area contributed by atoms with Crippen molar-refractivity contribution in [3.63, 3.8) is 0 Å². The van der Waals surface area contributed by atoms with Gasteiger partial charge in [0, 0.05) is 29.1 Å². The highest BCUT2D eigenvalue weighted by Gasteiger charge is 2.15. The Morgan fingerprint density at radius 3 is 2.00 bits per heavy atom. The Kier molecular flexibility index (Phi) is 5.98. The quantitative estimate of drug-likeness (QED) is 0.437. The minimum absolute atomic E-state index is 0.0725. The summed E-state index contributed by atoms with van der Waals surface area (Å²) >= 11 is 0. The number of ether oxygens (including phenoxy) is 1. The van der Waals surface area contributed by atoms with Crippen LogP contribution >= 0.6 is 0 Å². The van der Waals surface area contributed by atoms with E-state index in [1.54, 1.807) is 12.1 Å². The van der Waals surface area contributed by atoms with E-state index < -0.39 is 20.9 Å². The molecule has 0 atom stereocenters. The lowest BCUT2D eigenvalue weighted by Crippen LogP contribution is -2.14. The first-order chi connectivity index (χ1) is 14.3. The number of non-ortho nitro benzene ring substituents is 1. The van der Waals surface area contributed by atoms with Crippen molar-refractivity contribution in [1.29, 1.82) is 0 Å². The number of carbonyl (C=O) groups excluding carboxylic acids is 1. The van der Waals surface area contributed by atoms with Gasteiger partial charge in [0.2, 0.25) is 0 Å². The SMILES string of the molecule is COc1ccc(S(=O)(=O)Nc2ccc(C(=O)Nc3ccc([N+](=O)[O-])cc3)cc2)cc1. The Balaban J connectivity index is 1.67. The van der Waals surface area contributed by atoms with E-state index in [-0.39, 0.29) is 16.3 Å². The van der Waals surface area contributed by atoms with E-state index in [1.165, 1.54) is 67.8 Å². The van der Waals surface area contributed by atoms with Gasteiger partial charge < -0.3 is 10.1 Å². The molecule has 2 N–H and O–H groups in total. The Labute approximate surface area is 172 Å². The van der Waals surface area contributed by atoms with Gasteiger partial charge in [0.15, 0.2) is 0 Å². The van der Waals surface area contributed by atoms with Crippen LogP contribution in [0.25, 0.3) is 0 Å². The fourth-order valence-electron chi connectivity index (χ4n) is 2.53. The number of benzene rings is 3. The molecule has 0 aliphatic rings. The van der Waals surface area contributed by atoms with Crippen molar-refractivity contribution in [3.05, 3.63) is 88.5 Å². The fraction of sp³-hybridized carbons (Fsp3) is 0.0500. The first-order valence-electron chi connectivity index (χ1n) is 8.61. The number of rotatable bonds is 7. The summed E-state index contributed by atoms with van der Waals surface area (Å²) in [5, 5.41) is 13.3. The van der Waals surface area contributed by atoms with Crippen molar-refractivity contribution in [1.82, 2.24) is 0 Å². The minimum Gasteiger partial charge on any atom is -0.497 e. The lowest BCUT2D eigenvalue weighted by atomic mass is 10.2. The van der Waals surface area contributed by atoms with Gasteiger partial charge in [-0.15, -0.1) is 0 Å². The van der Waals surface area contributed by atoms with Crippen LogP contribution in [0.5, 0.6) is 5.75 Å². The van der Waals surface area contributed by atoms with Crippen LogP contribution in [0.4, 0.5) is 17.1 Å². The molecule has 10 heteroatoms. The number of hydrogen-bond acceptors (Lipinski definition) is 6. The fourth-order valence-corrected chi connectivity index (χ4v) is 3.59. The Morgan fingerprint density at radius 2 is 1.47 bits per heavy atom. The molecule has 0 fully saturated rings. The van der Waals surface area contributed by atoms with Crippen LogP contribution < -0.4 is 14.8 Å². The van der Waals surface area contributed by atoms with Crippen LogP contribution in [-0.4, -0.2) is 26.4 Å². The van der Waals surface area contributed by atoms with E-state index >= 15 is 0 Å². The van der Waals surface area contributed by atoms with Crippen molar-refractivity contribution < 1.29 is 22.9 Å². The summed E-state index contributed by atoms with van der Waals surface area (Å²) in [4.78, 5) is 22.5. The highest BCUT2D eigenvalue weighted by Crippen LogP contribution is 2.20. The van der Waals surface area contributed by atoms with Crippen molar-refractivity contribution in [2.45, 2.75) is 4.90 Å². The summed E-state index contributed by atoms with van der Waals surface area (Å²) in [5.41, 5.74) is 0.898. The zero-order chi connectivity index (χ0) is 21.7. The molecule has 3 aromatic rings. The summed E-state index contributed by atoms with van der Waals surface area (Å²) in [6.45, 7) is 0. The summed E-state index contributed by atoms with van der Waals surface area (Å²) in [5.74, 6) is 0.103. The van der Waals surface area contributed by atoms with E-state index in [9.17, 15) is 23.3 Å². The maximum Gasteiger partial charge on any atom is 0.269 e. The van der Waals surface area contributed by atoms with Gasteiger partial charge in [0.1, 0.15) is 5.75 Å². The van der Waals surface area contributed by atoms with E-state index in [1.807, 2.05) is 0 Å². The number of anilines is 2. The first-order valence-corrected chi connectivity index (χ1v) is 10.1. The normalized spacial score (nSPS) is 10.8. The van der Waals surface area contributed by atoms with E-state index in [4.69, 9.17) is 4.74 Å². The molecule has 0 saturated carbocycles. The zero-order valence-corrected chi connectivity index (χ0v) is 16.5. The lowest BCUT2D eigenvalue weighted by molar-refractivity contribution is -0.384. The Bertz CT molecular complexity index is 1160. The minimum atomic E-state index is -3.79. The number of sulfonamides is 1. The number of hydrogen-bond donors (Lipinski definition) is 2. The molecule has 0 aliphatic carbocycles. The summed E-state index contributed by atoms with van der Waals surface area (Å²) in [7, 11) is -2.31. The molecule has 0 aliphatic heterocycles. The predicted octanol–water partition coefficient (Wildman–Crippen LogP) is 3.66. The molecule has 0 spiro atoms. The molecule has 0 bridgehead atoms. The third-order valence-electron chi connectivity index (χ3n) is 4.11. The largest absolute Gasteiger partial charge is 0.497 e. The van der Waals surface area contributed by atoms with E-state index in [0.29, 0.717) is 17.0 Å². The number of nitrogens with zero attached hydrogens (tertiary/aromatic N) is 1. The highest BCUT2D eigenvalue weighted by atomic mass is 32.2. The number of amides is 1. The first kappa shape index (κ1) is 20.8. The summed E-state index contributed by atoms with van der Waals surface area (Å²) in [6, 6.07) is 17.2. The molecule has 0 aromatic heterocycles. The van der Waals surface area contributed by atoms with Gasteiger partial charge >= 0.3 is 0 Å². The van der Waals surface area contributed by atoms with Crippen molar-refractivity contribution in [2.75, 3.05) is 17.1 Å². The topological polar surface area (TPSA) is 128 Å². The van der Waals surface area contributed by atoms with Crippen LogP contribution in [0.3, 0.4) is 0 Å². The van der Waals surface area contributed by atoms with Crippen molar-refractivity contribution >= 4 is 33.0 Å². The average Bonchev–Trinajstić information content (AvgIpc) is 2.74. The van der Waals surface area contributed by atoms with Crippen LogP contribution in [0.1, 0.15) is 10.4 Å². The van der Waals surface area contributed by atoms with Crippen LogP contribution in [0, 0.1) is 10.1 Å². The molecule has 0 unspecified atom stereocenters. The smallest absolute Gasteiger partial charge is 0.269 e. The summed E-state index contributed by atoms with van der Waals surface area (Å²) < 4.78 is 32.4. The van der Waals surface area contributed by atoms with E-state index in [2.05, 4.69) is 10.0 Å². The second-order valence-electron chi connectivity index (χ2n) is 6.12. The number of methoxy groups -OCH3 is 1. The van der Waals surface area contributed by atoms with Crippen LogP contribution in [-0.2, 0) is 10.0 Å². The molecule has 154 valence electrons. The van der Waals surface area contributed by atoms with Gasteiger partial charge in [-0.2, -0.15) is 0 Å². The van der Waals surface area contributed by atoms with Gasteiger partial charge in [-0.05, 0) is 60.7 Å². The maximum atomic E-state index is 12.5. The van der Waals surface area contributed by atoms with Gasteiger partial charge in [-0.25, -0.2) is 8.42 Å². The lowest BCUT2D eigenvalue weighted by Gasteiger charge is -2.10. The molecule has 0 saturated heterocycles. The molecule has 3 aromatic carbocycles. The standard InChI is InChI=1S/C20H17N3O6S/c1-29-18-10-12-19(13-11-18)30(27,28)22-16-4-2-14(3-5-16)20(24)21-15-6-8-17(9-7-15)23(25)26/h2-13,22H,1H3,(H,21,24). The molecular weight excluding hydrogens is 410 g/mol. The summed E-state index contributed by atoms with van der Waals surface area (Å²) in [6.07, 6.45) is 0. The van der Waals surface area contributed by atoms with Crippen LogP contribution in [0.15, 0.2) is 77.7 Å². The van der Waals surface area contributed by atoms with Gasteiger partial charge in [0.25, 0.3) is 21.6 Å². The second-order valence-corrected chi connectivity index (χ2v) is 7.80. The van der Waals surface area contributed by atoms with Gasteiger partial charge in [-0.3, -0.25) is 19.6 Å². The van der Waals surface area contributed by atoms with Gasteiger partial charge in [0.05, 0.1) is 16.9 Å². The molecular formula is C20H17N3O6S. The third kappa shape index (κ3) is 4.92. The second kappa shape index (κ2) is 8.62. The number of nitro benzene ring substituents is 1. The number of nitrogens with one attached hydrogen (secondary N) is 2. The highest BCUT2D eigenvalue weighted by molar-refractivity contribution is 7.92. The monoisotopic (exact) mass is 427 g/mol. The number of nitro groups is 1. The average molecular weight is 427 g/mol. The maximum absolute atomic E-state index is 12.5. The molecule has 0 heterocycles. The van der Waals surface area contributed by atoms with Gasteiger partial charge in [-0.1, -0.05) is 0 Å². The Hall–Kier alpha value is -3.92. The molecule has 0 radical (unpaired) electrons.